The zero-order chi connectivity index (χ0) is 27.9. The van der Waals surface area contributed by atoms with Gasteiger partial charge in [0.15, 0.2) is 0 Å². The zero-order valence-electron chi connectivity index (χ0n) is 24.7. The van der Waals surface area contributed by atoms with Gasteiger partial charge in [0, 0.05) is 49.4 Å². The maximum Gasteiger partial charge on any atom is 2.00 e. The Labute approximate surface area is 282 Å². The molecular weight excluding hydrogens is 753 g/mol. The van der Waals surface area contributed by atoms with Crippen molar-refractivity contribution in [2.75, 3.05) is 40.9 Å². The van der Waals surface area contributed by atoms with Gasteiger partial charge in [0.25, 0.3) is 0 Å². The Bertz CT molecular complexity index is 749. The van der Waals surface area contributed by atoms with Crippen molar-refractivity contribution in [3.8, 4) is 0 Å². The summed E-state index contributed by atoms with van der Waals surface area (Å²) in [6, 6.07) is 3.29. The third-order valence-electron chi connectivity index (χ3n) is 7.19. The summed E-state index contributed by atoms with van der Waals surface area (Å²) in [6.45, 7) is 7.06. The second-order valence-corrected chi connectivity index (χ2v) is 21.4. The average molecular weight is 801 g/mol. The monoisotopic (exact) mass is 798 g/mol. The fourth-order valence-corrected chi connectivity index (χ4v) is 22.0. The minimum atomic E-state index is -3.58. The summed E-state index contributed by atoms with van der Waals surface area (Å²) in [4.78, 5) is 0. The fourth-order valence-electron chi connectivity index (χ4n) is 5.23. The molecular formula is C22H47Cu3N3O9Si4. The largest absolute Gasteiger partial charge is 2.00 e. The van der Waals surface area contributed by atoms with Crippen LogP contribution in [0.2, 0.25) is 18.1 Å². The molecule has 3 aliphatic heterocycles. The Morgan fingerprint density at radius 1 is 0.756 bits per heavy atom. The van der Waals surface area contributed by atoms with E-state index in [0.717, 1.165) is 6.42 Å². The van der Waals surface area contributed by atoms with Crippen LogP contribution in [0.1, 0.15) is 52.9 Å². The maximum absolute atomic E-state index is 7.92. The summed E-state index contributed by atoms with van der Waals surface area (Å²) < 4.78 is 60.1. The summed E-state index contributed by atoms with van der Waals surface area (Å²) in [7, 11) is -8.70. The van der Waals surface area contributed by atoms with Crippen LogP contribution in [0.3, 0.4) is 0 Å². The molecule has 2 N–H and O–H groups in total. The molecule has 41 heavy (non-hydrogen) atoms. The first-order valence-electron chi connectivity index (χ1n) is 13.8. The second-order valence-electron chi connectivity index (χ2n) is 9.80. The van der Waals surface area contributed by atoms with Gasteiger partial charge in [0.2, 0.25) is 0 Å². The minimum Gasteiger partial charge on any atom is -0.677 e. The van der Waals surface area contributed by atoms with Crippen molar-refractivity contribution in [2.24, 2.45) is 0 Å². The summed E-state index contributed by atoms with van der Waals surface area (Å²) in [5.74, 6) is 0. The Balaban J connectivity index is 0.00000533. The molecule has 0 aliphatic carbocycles. The van der Waals surface area contributed by atoms with Gasteiger partial charge in [-0.2, -0.15) is 27.1 Å². The quantitative estimate of drug-likeness (QED) is 0.133. The van der Waals surface area contributed by atoms with Crippen molar-refractivity contribution in [3.63, 3.8) is 0 Å². The number of hydrogen-bond acceptors (Lipinski definition) is 9. The molecule has 0 aromatic carbocycles. The number of fused-ring (bicyclic) bond motifs is 5. The van der Waals surface area contributed by atoms with Crippen LogP contribution in [0.4, 0.5) is 0 Å². The first kappa shape index (κ1) is 42.9. The van der Waals surface area contributed by atoms with Crippen molar-refractivity contribution >= 4 is 35.2 Å². The van der Waals surface area contributed by atoms with E-state index >= 15 is 0 Å². The van der Waals surface area contributed by atoms with Crippen molar-refractivity contribution in [3.05, 3.63) is 22.8 Å². The molecule has 19 heteroatoms. The van der Waals surface area contributed by atoms with Gasteiger partial charge in [-0.15, -0.1) is 6.54 Å². The standard InChI is InChI=1S/C22H47N3O9Si4.3Cu/c1-7-19-21-22-20(8-2)29-36(27-6,18-12-15-25-4)33-38(31-22,17-11-14-24)34-37(30-21,16-10-13-23)32-35(9-3,26-5)28-19;;;/h9,19-24H,7-8,10-18H2,1-6H3;;;/q-4;;2*+2/t19-,20?,21?,22?,35?,36?,37?,38?;;;/m1.../s1. The van der Waals surface area contributed by atoms with Crippen LogP contribution in [0.15, 0.2) is 0 Å². The molecule has 3 radical (unpaired) electrons. The molecule has 0 amide bonds. The van der Waals surface area contributed by atoms with E-state index in [1.54, 1.807) is 21.3 Å². The van der Waals surface area contributed by atoms with Crippen molar-refractivity contribution in [2.45, 2.75) is 95.4 Å². The number of nitrogens with one attached hydrogen (secondary N) is 2. The summed E-state index contributed by atoms with van der Waals surface area (Å²) in [5.41, 5.74) is 15.8. The zero-order valence-corrected chi connectivity index (χ0v) is 31.5. The minimum absolute atomic E-state index is 0. The van der Waals surface area contributed by atoms with E-state index in [1.165, 1.54) is 0 Å². The maximum atomic E-state index is 7.92. The molecule has 4 bridgehead atoms. The molecule has 3 rings (SSSR count). The van der Waals surface area contributed by atoms with Gasteiger partial charge in [-0.3, -0.25) is 6.04 Å². The molecule has 0 saturated carbocycles. The molecule has 3 fully saturated rings. The third-order valence-corrected chi connectivity index (χ3v) is 21.9. The van der Waals surface area contributed by atoms with E-state index in [-0.39, 0.29) is 76.5 Å². The Morgan fingerprint density at radius 2 is 1.29 bits per heavy atom. The van der Waals surface area contributed by atoms with Crippen LogP contribution in [-0.2, 0) is 90.1 Å². The fraction of sp³-hybridized carbons (Fsp3) is 0.955. The molecule has 253 valence electrons. The van der Waals surface area contributed by atoms with Gasteiger partial charge in [-0.25, -0.2) is 0 Å². The molecule has 3 saturated heterocycles. The van der Waals surface area contributed by atoms with E-state index in [1.807, 2.05) is 19.9 Å². The van der Waals surface area contributed by atoms with Crippen LogP contribution in [0.5, 0.6) is 0 Å². The third kappa shape index (κ3) is 10.2. The van der Waals surface area contributed by atoms with E-state index in [2.05, 4.69) is 12.2 Å². The van der Waals surface area contributed by atoms with Gasteiger partial charge in [-0.1, -0.05) is 33.1 Å². The Kier molecular flexibility index (Phi) is 20.5. The average Bonchev–Trinajstić information content (AvgIpc) is 3.23. The molecule has 0 aromatic heterocycles. The molecule has 3 heterocycles. The first-order valence-corrected chi connectivity index (χ1v) is 21.4. The Morgan fingerprint density at radius 3 is 1.73 bits per heavy atom. The van der Waals surface area contributed by atoms with Gasteiger partial charge in [0.1, 0.15) is 12.2 Å². The predicted octanol–water partition coefficient (Wildman–Crippen LogP) is 4.52. The topological polar surface area (TPSA) is 145 Å². The molecule has 12 nitrogen and oxygen atoms in total. The van der Waals surface area contributed by atoms with Crippen molar-refractivity contribution in [1.29, 1.82) is 0 Å². The smallest absolute Gasteiger partial charge is 0.677 e. The molecule has 3 aliphatic rings. The van der Waals surface area contributed by atoms with Crippen molar-refractivity contribution in [1.82, 2.24) is 0 Å². The van der Waals surface area contributed by atoms with Gasteiger partial charge in [-0.05, 0) is 12.8 Å². The SMILES string of the molecule is C[CH-][Si]1(OC)O[C@H](CC)C2O[Si](CCC[NH-])(O1)O[Si]1(CCC[NH-])OC2C(CC)O[Si](CCC[N-]C)(OC)O1.[Cu+2].[Cu+2].[Cu]. The van der Waals surface area contributed by atoms with Gasteiger partial charge >= 0.3 is 69.4 Å². The van der Waals surface area contributed by atoms with Crippen LogP contribution in [0, 0.1) is 6.04 Å². The van der Waals surface area contributed by atoms with E-state index in [9.17, 15) is 0 Å². The normalized spacial score (nSPS) is 38.3. The van der Waals surface area contributed by atoms with Crippen LogP contribution in [-0.4, -0.2) is 101 Å². The molecule has 8 atom stereocenters. The molecule has 0 spiro atoms. The number of rotatable bonds is 15. The van der Waals surface area contributed by atoms with Crippen LogP contribution in [0.25, 0.3) is 16.8 Å². The summed E-state index contributed by atoms with van der Waals surface area (Å²) in [5, 5.41) is 4.26. The second kappa shape index (κ2) is 19.6. The van der Waals surface area contributed by atoms with Gasteiger partial charge in [0.05, 0.1) is 12.2 Å². The van der Waals surface area contributed by atoms with E-state index in [4.69, 9.17) is 50.4 Å². The molecule has 7 unspecified atom stereocenters. The van der Waals surface area contributed by atoms with Gasteiger partial charge < -0.3 is 55.7 Å². The van der Waals surface area contributed by atoms with E-state index < -0.39 is 47.4 Å². The van der Waals surface area contributed by atoms with E-state index in [0.29, 0.717) is 50.4 Å². The van der Waals surface area contributed by atoms with Crippen molar-refractivity contribution < 1.29 is 90.1 Å². The van der Waals surface area contributed by atoms with Crippen LogP contribution >= 0.6 is 0 Å². The summed E-state index contributed by atoms with van der Waals surface area (Å²) >= 11 is 0. The predicted molar refractivity (Wildman–Crippen MR) is 151 cm³/mol. The number of nitrogens with zero attached hydrogens (tertiary/aromatic N) is 1. The Hall–Kier alpha value is 1.95. The van der Waals surface area contributed by atoms with Crippen LogP contribution < -0.4 is 0 Å². The summed E-state index contributed by atoms with van der Waals surface area (Å²) in [6.07, 6.45) is 1.28. The first-order chi connectivity index (χ1) is 18.3. The number of hydrogen-bond donors (Lipinski definition) is 0. The molecule has 0 aromatic rings.